The van der Waals surface area contributed by atoms with Crippen LogP contribution in [0.3, 0.4) is 0 Å². The Kier molecular flexibility index (Phi) is 5.14. The lowest BCUT2D eigenvalue weighted by molar-refractivity contribution is 0.102. The number of rotatable bonds is 5. The predicted octanol–water partition coefficient (Wildman–Crippen LogP) is 4.21. The molecule has 0 radical (unpaired) electrons. The summed E-state index contributed by atoms with van der Waals surface area (Å²) in [5, 5.41) is 5.80. The number of carbonyl (C=O) groups excluding carboxylic acids is 1. The van der Waals surface area contributed by atoms with Gasteiger partial charge in [-0.1, -0.05) is 0 Å². The van der Waals surface area contributed by atoms with Crippen LogP contribution in [0.1, 0.15) is 23.3 Å². The minimum atomic E-state index is -0.388. The molecule has 1 aromatic heterocycles. The fourth-order valence-electron chi connectivity index (χ4n) is 3.13. The Morgan fingerprint density at radius 3 is 2.32 bits per heavy atom. The fourth-order valence-corrected chi connectivity index (χ4v) is 3.13. The third kappa shape index (κ3) is 4.25. The lowest BCUT2D eigenvalue weighted by atomic mass is 10.2. The first-order valence-corrected chi connectivity index (χ1v) is 9.19. The highest BCUT2D eigenvalue weighted by Crippen LogP contribution is 2.23. The molecule has 1 aliphatic heterocycles. The maximum absolute atomic E-state index is 13.0. The number of benzene rings is 2. The molecule has 1 aliphatic rings. The second-order valence-corrected chi connectivity index (χ2v) is 6.59. The number of amides is 1. The topological polar surface area (TPSA) is 70.2 Å². The van der Waals surface area contributed by atoms with Gasteiger partial charge >= 0.3 is 0 Å². The summed E-state index contributed by atoms with van der Waals surface area (Å²) in [5.41, 5.74) is 2.77. The van der Waals surface area contributed by atoms with Crippen molar-refractivity contribution in [1.82, 2.24) is 9.97 Å². The maximum atomic E-state index is 13.0. The first-order valence-electron chi connectivity index (χ1n) is 9.19. The molecule has 1 amide bonds. The van der Waals surface area contributed by atoms with Crippen molar-refractivity contribution in [3.05, 3.63) is 72.3 Å². The van der Waals surface area contributed by atoms with Gasteiger partial charge in [-0.3, -0.25) is 4.79 Å². The molecule has 0 unspecified atom stereocenters. The van der Waals surface area contributed by atoms with E-state index in [1.165, 1.54) is 55.1 Å². The van der Waals surface area contributed by atoms with E-state index < -0.39 is 0 Å². The third-order valence-corrected chi connectivity index (χ3v) is 4.58. The molecule has 7 heteroatoms. The zero-order valence-electron chi connectivity index (χ0n) is 15.2. The van der Waals surface area contributed by atoms with Crippen LogP contribution < -0.4 is 15.5 Å². The second-order valence-electron chi connectivity index (χ2n) is 6.59. The van der Waals surface area contributed by atoms with Gasteiger partial charge in [0, 0.05) is 36.3 Å². The fraction of sp³-hybridized carbons (Fsp3) is 0.190. The van der Waals surface area contributed by atoms with Crippen molar-refractivity contribution in [3.8, 4) is 0 Å². The summed E-state index contributed by atoms with van der Waals surface area (Å²) in [7, 11) is 0. The smallest absolute Gasteiger partial charge is 0.274 e. The first kappa shape index (κ1) is 17.9. The number of nitrogens with zero attached hydrogens (tertiary/aromatic N) is 3. The van der Waals surface area contributed by atoms with E-state index in [0.29, 0.717) is 11.6 Å². The highest BCUT2D eigenvalue weighted by atomic mass is 19.1. The summed E-state index contributed by atoms with van der Waals surface area (Å²) < 4.78 is 13.0. The molecule has 3 aromatic rings. The van der Waals surface area contributed by atoms with Crippen molar-refractivity contribution in [1.29, 1.82) is 0 Å². The van der Waals surface area contributed by atoms with Crippen molar-refractivity contribution in [2.24, 2.45) is 0 Å². The van der Waals surface area contributed by atoms with Gasteiger partial charge in [-0.15, -0.1) is 0 Å². The Hall–Kier alpha value is -3.48. The molecule has 142 valence electrons. The molecule has 2 heterocycles. The Morgan fingerprint density at radius 1 is 0.929 bits per heavy atom. The molecule has 1 saturated heterocycles. The van der Waals surface area contributed by atoms with Gasteiger partial charge < -0.3 is 15.5 Å². The molecule has 4 rings (SSSR count). The molecule has 0 saturated carbocycles. The van der Waals surface area contributed by atoms with E-state index in [9.17, 15) is 9.18 Å². The van der Waals surface area contributed by atoms with Gasteiger partial charge in [0.1, 0.15) is 11.5 Å². The van der Waals surface area contributed by atoms with Gasteiger partial charge in [-0.25, -0.2) is 14.4 Å². The molecule has 0 aliphatic carbocycles. The summed E-state index contributed by atoms with van der Waals surface area (Å²) in [4.78, 5) is 23.2. The molecule has 2 aromatic carbocycles. The molecular formula is C21H20FN5O. The zero-order valence-corrected chi connectivity index (χ0v) is 15.2. The van der Waals surface area contributed by atoms with Crippen LogP contribution in [-0.2, 0) is 0 Å². The Labute approximate surface area is 162 Å². The molecule has 0 bridgehead atoms. The van der Waals surface area contributed by atoms with E-state index in [2.05, 4.69) is 37.6 Å². The van der Waals surface area contributed by atoms with Gasteiger partial charge in [0.15, 0.2) is 0 Å². The normalized spacial score (nSPS) is 13.4. The van der Waals surface area contributed by atoms with Crippen molar-refractivity contribution >= 4 is 28.9 Å². The number of nitrogens with one attached hydrogen (secondary N) is 2. The van der Waals surface area contributed by atoms with Gasteiger partial charge in [-0.05, 0) is 67.4 Å². The van der Waals surface area contributed by atoms with E-state index in [1.54, 1.807) is 0 Å². The van der Waals surface area contributed by atoms with E-state index in [0.717, 1.165) is 18.8 Å². The summed E-state index contributed by atoms with van der Waals surface area (Å²) >= 11 is 0. The number of carbonyl (C=O) groups is 1. The molecule has 6 nitrogen and oxygen atoms in total. The first-order chi connectivity index (χ1) is 13.7. The van der Waals surface area contributed by atoms with Crippen LogP contribution in [0, 0.1) is 5.82 Å². The maximum Gasteiger partial charge on any atom is 0.274 e. The van der Waals surface area contributed by atoms with Gasteiger partial charge in [0.05, 0.1) is 0 Å². The minimum absolute atomic E-state index is 0.218. The molecule has 1 fully saturated rings. The highest BCUT2D eigenvalue weighted by Gasteiger charge is 2.12. The van der Waals surface area contributed by atoms with Gasteiger partial charge in [-0.2, -0.15) is 0 Å². The Balaban J connectivity index is 1.43. The second kappa shape index (κ2) is 8.04. The Bertz CT molecular complexity index is 953. The van der Waals surface area contributed by atoms with Crippen LogP contribution in [-0.4, -0.2) is 29.0 Å². The van der Waals surface area contributed by atoms with Crippen molar-refractivity contribution in [3.63, 3.8) is 0 Å². The van der Waals surface area contributed by atoms with Crippen LogP contribution in [0.2, 0.25) is 0 Å². The van der Waals surface area contributed by atoms with E-state index in [-0.39, 0.29) is 17.4 Å². The molecule has 0 spiro atoms. The van der Waals surface area contributed by atoms with Crippen LogP contribution in [0.25, 0.3) is 0 Å². The quantitative estimate of drug-likeness (QED) is 0.697. The summed E-state index contributed by atoms with van der Waals surface area (Å²) in [5.74, 6) is -0.413. The highest BCUT2D eigenvalue weighted by molar-refractivity contribution is 6.02. The number of halogens is 1. The summed E-state index contributed by atoms with van der Waals surface area (Å²) in [6.07, 6.45) is 3.99. The standard InChI is InChI=1S/C21H20FN5O/c22-15-3-5-16(6-4-15)24-20(28)19-11-12-23-21(26-19)25-17-7-9-18(10-8-17)27-13-1-2-14-27/h3-12H,1-2,13-14H2,(H,24,28)(H,23,25,26). The summed E-state index contributed by atoms with van der Waals surface area (Å²) in [6, 6.07) is 15.2. The van der Waals surface area contributed by atoms with Crippen molar-refractivity contribution in [2.45, 2.75) is 12.8 Å². The molecular weight excluding hydrogens is 357 g/mol. The van der Waals surface area contributed by atoms with Crippen molar-refractivity contribution in [2.75, 3.05) is 28.6 Å². The van der Waals surface area contributed by atoms with E-state index in [1.807, 2.05) is 12.1 Å². The molecule has 2 N–H and O–H groups in total. The average molecular weight is 377 g/mol. The van der Waals surface area contributed by atoms with Crippen LogP contribution in [0.5, 0.6) is 0 Å². The van der Waals surface area contributed by atoms with Crippen LogP contribution >= 0.6 is 0 Å². The van der Waals surface area contributed by atoms with Gasteiger partial charge in [0.25, 0.3) is 5.91 Å². The number of hydrogen-bond acceptors (Lipinski definition) is 5. The number of hydrogen-bond donors (Lipinski definition) is 2. The number of aromatic nitrogens is 2. The summed E-state index contributed by atoms with van der Waals surface area (Å²) in [6.45, 7) is 2.20. The molecule has 28 heavy (non-hydrogen) atoms. The van der Waals surface area contributed by atoms with E-state index >= 15 is 0 Å². The number of anilines is 4. The van der Waals surface area contributed by atoms with Crippen LogP contribution in [0.15, 0.2) is 60.8 Å². The SMILES string of the molecule is O=C(Nc1ccc(F)cc1)c1ccnc(Nc2ccc(N3CCCC3)cc2)n1. The third-order valence-electron chi connectivity index (χ3n) is 4.58. The predicted molar refractivity (Wildman–Crippen MR) is 108 cm³/mol. The zero-order chi connectivity index (χ0) is 19.3. The lowest BCUT2D eigenvalue weighted by Gasteiger charge is -2.17. The van der Waals surface area contributed by atoms with Gasteiger partial charge in [0.2, 0.25) is 5.95 Å². The average Bonchev–Trinajstić information content (AvgIpc) is 3.25. The largest absolute Gasteiger partial charge is 0.372 e. The minimum Gasteiger partial charge on any atom is -0.372 e. The lowest BCUT2D eigenvalue weighted by Crippen LogP contribution is -2.17. The Morgan fingerprint density at radius 2 is 1.61 bits per heavy atom. The van der Waals surface area contributed by atoms with Crippen molar-refractivity contribution < 1.29 is 9.18 Å². The molecule has 0 atom stereocenters. The monoisotopic (exact) mass is 377 g/mol. The van der Waals surface area contributed by atoms with Crippen LogP contribution in [0.4, 0.5) is 27.4 Å². The van der Waals surface area contributed by atoms with E-state index in [4.69, 9.17) is 0 Å².